The van der Waals surface area contributed by atoms with Crippen LogP contribution >= 0.6 is 0 Å². The summed E-state index contributed by atoms with van der Waals surface area (Å²) in [5.41, 5.74) is 0.135. The molecule has 0 saturated heterocycles. The zero-order chi connectivity index (χ0) is 15.3. The number of benzene rings is 1. The SMILES string of the molecule is COC(=O)c1ccc(OC(C)C(=O)NC(C)(C)C)cc1. The van der Waals surface area contributed by atoms with Crippen LogP contribution in [0.25, 0.3) is 0 Å². The molecule has 0 saturated carbocycles. The topological polar surface area (TPSA) is 64.6 Å². The normalized spacial score (nSPS) is 12.4. The molecule has 1 atom stereocenters. The number of hydrogen-bond donors (Lipinski definition) is 1. The van der Waals surface area contributed by atoms with Gasteiger partial charge in [-0.3, -0.25) is 4.79 Å². The van der Waals surface area contributed by atoms with Crippen molar-refractivity contribution >= 4 is 11.9 Å². The summed E-state index contributed by atoms with van der Waals surface area (Å²) in [6.07, 6.45) is -0.613. The summed E-state index contributed by atoms with van der Waals surface area (Å²) in [5.74, 6) is -0.0705. The molecule has 0 aliphatic rings. The second kappa shape index (κ2) is 6.41. The Kier molecular flexibility index (Phi) is 5.13. The van der Waals surface area contributed by atoms with E-state index in [4.69, 9.17) is 4.74 Å². The van der Waals surface area contributed by atoms with Crippen LogP contribution in [-0.2, 0) is 9.53 Å². The van der Waals surface area contributed by atoms with Gasteiger partial charge >= 0.3 is 5.97 Å². The van der Waals surface area contributed by atoms with Crippen LogP contribution in [0.5, 0.6) is 5.75 Å². The highest BCUT2D eigenvalue weighted by atomic mass is 16.5. The van der Waals surface area contributed by atoms with E-state index in [9.17, 15) is 9.59 Å². The molecule has 1 aromatic rings. The summed E-state index contributed by atoms with van der Waals surface area (Å²) in [6.45, 7) is 7.39. The maximum absolute atomic E-state index is 11.9. The molecule has 0 heterocycles. The van der Waals surface area contributed by atoms with E-state index in [0.717, 1.165) is 0 Å². The Morgan fingerprint density at radius 2 is 1.70 bits per heavy atom. The van der Waals surface area contributed by atoms with Gasteiger partial charge in [0.1, 0.15) is 5.75 Å². The Balaban J connectivity index is 2.64. The molecule has 1 rings (SSSR count). The van der Waals surface area contributed by atoms with Gasteiger partial charge in [-0.05, 0) is 52.0 Å². The van der Waals surface area contributed by atoms with Crippen molar-refractivity contribution in [3.8, 4) is 5.75 Å². The Morgan fingerprint density at radius 1 is 1.15 bits per heavy atom. The number of carbonyl (C=O) groups is 2. The molecule has 0 spiro atoms. The molecule has 1 N–H and O–H groups in total. The third-order valence-electron chi connectivity index (χ3n) is 2.46. The summed E-state index contributed by atoms with van der Waals surface area (Å²) < 4.78 is 10.1. The van der Waals surface area contributed by atoms with Crippen molar-refractivity contribution in [3.05, 3.63) is 29.8 Å². The molecule has 0 fully saturated rings. The minimum atomic E-state index is -0.613. The van der Waals surface area contributed by atoms with Gasteiger partial charge in [0.2, 0.25) is 0 Å². The van der Waals surface area contributed by atoms with Gasteiger partial charge in [0.25, 0.3) is 5.91 Å². The molecule has 1 unspecified atom stereocenters. The Hall–Kier alpha value is -2.04. The maximum atomic E-state index is 11.9. The molecule has 5 nitrogen and oxygen atoms in total. The van der Waals surface area contributed by atoms with Gasteiger partial charge < -0.3 is 14.8 Å². The average Bonchev–Trinajstić information content (AvgIpc) is 2.36. The number of rotatable bonds is 4. The van der Waals surface area contributed by atoms with Gasteiger partial charge in [0.15, 0.2) is 6.10 Å². The first-order valence-electron chi connectivity index (χ1n) is 6.40. The highest BCUT2D eigenvalue weighted by Gasteiger charge is 2.20. The summed E-state index contributed by atoms with van der Waals surface area (Å²) >= 11 is 0. The molecule has 0 aliphatic heterocycles. The van der Waals surface area contributed by atoms with E-state index >= 15 is 0 Å². The first kappa shape index (κ1) is 16.0. The van der Waals surface area contributed by atoms with Crippen LogP contribution in [0.3, 0.4) is 0 Å². The molecule has 0 radical (unpaired) electrons. The lowest BCUT2D eigenvalue weighted by atomic mass is 10.1. The predicted octanol–water partition coefficient (Wildman–Crippen LogP) is 2.16. The third-order valence-corrected chi connectivity index (χ3v) is 2.46. The number of nitrogens with one attached hydrogen (secondary N) is 1. The van der Waals surface area contributed by atoms with Crippen molar-refractivity contribution in [2.45, 2.75) is 39.3 Å². The molecular weight excluding hydrogens is 258 g/mol. The molecule has 0 aliphatic carbocycles. The minimum Gasteiger partial charge on any atom is -0.481 e. The van der Waals surface area contributed by atoms with Gasteiger partial charge in [-0.2, -0.15) is 0 Å². The standard InChI is InChI=1S/C15H21NO4/c1-10(13(17)16-15(2,3)4)20-12-8-6-11(7-9-12)14(18)19-5/h6-10H,1-5H3,(H,16,17). The van der Waals surface area contributed by atoms with Crippen molar-refractivity contribution in [2.75, 3.05) is 7.11 Å². The highest BCUT2D eigenvalue weighted by molar-refractivity contribution is 5.89. The molecule has 0 aromatic heterocycles. The van der Waals surface area contributed by atoms with Crippen molar-refractivity contribution < 1.29 is 19.1 Å². The predicted molar refractivity (Wildman–Crippen MR) is 75.8 cm³/mol. The van der Waals surface area contributed by atoms with Gasteiger partial charge in [-0.1, -0.05) is 0 Å². The number of hydrogen-bond acceptors (Lipinski definition) is 4. The van der Waals surface area contributed by atoms with E-state index in [1.807, 2.05) is 20.8 Å². The van der Waals surface area contributed by atoms with Crippen molar-refractivity contribution in [2.24, 2.45) is 0 Å². The fourth-order valence-corrected chi connectivity index (χ4v) is 1.52. The van der Waals surface area contributed by atoms with Crippen LogP contribution in [0.15, 0.2) is 24.3 Å². The summed E-state index contributed by atoms with van der Waals surface area (Å²) in [4.78, 5) is 23.2. The zero-order valence-corrected chi connectivity index (χ0v) is 12.5. The quantitative estimate of drug-likeness (QED) is 0.858. The first-order chi connectivity index (χ1) is 9.23. The van der Waals surface area contributed by atoms with Crippen LogP contribution in [0.4, 0.5) is 0 Å². The van der Waals surface area contributed by atoms with Gasteiger partial charge in [0.05, 0.1) is 12.7 Å². The summed E-state index contributed by atoms with van der Waals surface area (Å²) in [5, 5.41) is 2.84. The molecule has 0 bridgehead atoms. The maximum Gasteiger partial charge on any atom is 0.337 e. The lowest BCUT2D eigenvalue weighted by Crippen LogP contribution is -2.46. The fourth-order valence-electron chi connectivity index (χ4n) is 1.52. The number of ether oxygens (including phenoxy) is 2. The van der Waals surface area contributed by atoms with Crippen LogP contribution in [0, 0.1) is 0 Å². The lowest BCUT2D eigenvalue weighted by Gasteiger charge is -2.23. The van der Waals surface area contributed by atoms with Crippen LogP contribution in [0.2, 0.25) is 0 Å². The highest BCUT2D eigenvalue weighted by Crippen LogP contribution is 2.15. The fraction of sp³-hybridized carbons (Fsp3) is 0.467. The van der Waals surface area contributed by atoms with E-state index in [1.54, 1.807) is 31.2 Å². The van der Waals surface area contributed by atoms with Crippen molar-refractivity contribution in [1.82, 2.24) is 5.32 Å². The average molecular weight is 279 g/mol. The number of amides is 1. The van der Waals surface area contributed by atoms with E-state index in [0.29, 0.717) is 11.3 Å². The minimum absolute atomic E-state index is 0.186. The monoisotopic (exact) mass is 279 g/mol. The largest absolute Gasteiger partial charge is 0.481 e. The van der Waals surface area contributed by atoms with Crippen LogP contribution in [-0.4, -0.2) is 30.6 Å². The van der Waals surface area contributed by atoms with Gasteiger partial charge in [-0.25, -0.2) is 4.79 Å². The number of carbonyl (C=O) groups excluding carboxylic acids is 2. The Labute approximate surface area is 119 Å². The van der Waals surface area contributed by atoms with Crippen molar-refractivity contribution in [1.29, 1.82) is 0 Å². The van der Waals surface area contributed by atoms with Gasteiger partial charge in [0, 0.05) is 5.54 Å². The Morgan fingerprint density at radius 3 is 2.15 bits per heavy atom. The zero-order valence-electron chi connectivity index (χ0n) is 12.5. The van der Waals surface area contributed by atoms with E-state index in [2.05, 4.69) is 10.1 Å². The smallest absolute Gasteiger partial charge is 0.337 e. The van der Waals surface area contributed by atoms with E-state index in [1.165, 1.54) is 7.11 Å². The summed E-state index contributed by atoms with van der Waals surface area (Å²) in [7, 11) is 1.33. The second-order valence-electron chi connectivity index (χ2n) is 5.52. The molecule has 110 valence electrons. The van der Waals surface area contributed by atoms with E-state index < -0.39 is 12.1 Å². The number of esters is 1. The van der Waals surface area contributed by atoms with Crippen LogP contribution in [0.1, 0.15) is 38.1 Å². The first-order valence-corrected chi connectivity index (χ1v) is 6.40. The molecule has 5 heteroatoms. The molecular formula is C15H21NO4. The third kappa shape index (κ3) is 4.91. The van der Waals surface area contributed by atoms with Crippen LogP contribution < -0.4 is 10.1 Å². The molecule has 1 aromatic carbocycles. The molecule has 1 amide bonds. The molecule has 20 heavy (non-hydrogen) atoms. The van der Waals surface area contributed by atoms with Gasteiger partial charge in [-0.15, -0.1) is 0 Å². The van der Waals surface area contributed by atoms with Crippen molar-refractivity contribution in [3.63, 3.8) is 0 Å². The Bertz CT molecular complexity index is 474. The second-order valence-corrected chi connectivity index (χ2v) is 5.52. The summed E-state index contributed by atoms with van der Waals surface area (Å²) in [6, 6.07) is 6.45. The number of methoxy groups -OCH3 is 1. The lowest BCUT2D eigenvalue weighted by molar-refractivity contribution is -0.128. The van der Waals surface area contributed by atoms with E-state index in [-0.39, 0.29) is 11.4 Å².